The maximum absolute atomic E-state index is 10.8. The molecule has 0 saturated carbocycles. The molecule has 0 spiro atoms. The SMILES string of the molecule is COc1cc(OCc2ccccc2)ccc1/C=C\C(N)=O. The first-order chi connectivity index (χ1) is 10.2. The van der Waals surface area contributed by atoms with Crippen LogP contribution in [0.15, 0.2) is 54.6 Å². The van der Waals surface area contributed by atoms with E-state index in [-0.39, 0.29) is 0 Å². The van der Waals surface area contributed by atoms with Gasteiger partial charge in [-0.05, 0) is 23.8 Å². The minimum atomic E-state index is -0.499. The van der Waals surface area contributed by atoms with Crippen molar-refractivity contribution in [2.45, 2.75) is 6.61 Å². The number of hydrogen-bond donors (Lipinski definition) is 1. The summed E-state index contributed by atoms with van der Waals surface area (Å²) in [5.41, 5.74) is 6.94. The third-order valence-corrected chi connectivity index (χ3v) is 2.88. The molecule has 4 nitrogen and oxygen atoms in total. The number of ether oxygens (including phenoxy) is 2. The second-order valence-corrected chi connectivity index (χ2v) is 4.41. The maximum atomic E-state index is 10.8. The molecule has 0 aromatic heterocycles. The van der Waals surface area contributed by atoms with Gasteiger partial charge in [0.2, 0.25) is 5.91 Å². The second-order valence-electron chi connectivity index (χ2n) is 4.41. The minimum Gasteiger partial charge on any atom is -0.496 e. The standard InChI is InChI=1S/C17H17NO3/c1-20-16-11-15(9-7-14(16)8-10-17(18)19)21-12-13-5-3-2-4-6-13/h2-11H,12H2,1H3,(H2,18,19)/b10-8-. The number of methoxy groups -OCH3 is 1. The van der Waals surface area contributed by atoms with Crippen molar-refractivity contribution in [2.75, 3.05) is 7.11 Å². The fourth-order valence-electron chi connectivity index (χ4n) is 1.83. The number of amides is 1. The maximum Gasteiger partial charge on any atom is 0.241 e. The summed E-state index contributed by atoms with van der Waals surface area (Å²) in [6.45, 7) is 0.487. The molecule has 1 amide bonds. The Morgan fingerprint density at radius 2 is 1.95 bits per heavy atom. The summed E-state index contributed by atoms with van der Waals surface area (Å²) in [7, 11) is 1.57. The van der Waals surface area contributed by atoms with E-state index >= 15 is 0 Å². The van der Waals surface area contributed by atoms with E-state index in [1.165, 1.54) is 6.08 Å². The summed E-state index contributed by atoms with van der Waals surface area (Å²) in [6.07, 6.45) is 2.91. The van der Waals surface area contributed by atoms with Gasteiger partial charge >= 0.3 is 0 Å². The van der Waals surface area contributed by atoms with Crippen LogP contribution in [-0.4, -0.2) is 13.0 Å². The summed E-state index contributed by atoms with van der Waals surface area (Å²) in [5.74, 6) is 0.825. The highest BCUT2D eigenvalue weighted by Crippen LogP contribution is 2.26. The van der Waals surface area contributed by atoms with E-state index in [0.717, 1.165) is 11.1 Å². The van der Waals surface area contributed by atoms with Gasteiger partial charge in [0.05, 0.1) is 7.11 Å². The minimum absolute atomic E-state index is 0.487. The fourth-order valence-corrected chi connectivity index (χ4v) is 1.83. The molecule has 2 rings (SSSR count). The fraction of sp³-hybridized carbons (Fsp3) is 0.118. The van der Waals surface area contributed by atoms with E-state index in [1.54, 1.807) is 19.3 Å². The van der Waals surface area contributed by atoms with Crippen molar-refractivity contribution in [3.8, 4) is 11.5 Å². The highest BCUT2D eigenvalue weighted by molar-refractivity contribution is 5.90. The van der Waals surface area contributed by atoms with Crippen LogP contribution >= 0.6 is 0 Å². The first-order valence-electron chi connectivity index (χ1n) is 6.51. The molecule has 0 unspecified atom stereocenters. The van der Waals surface area contributed by atoms with Crippen molar-refractivity contribution < 1.29 is 14.3 Å². The van der Waals surface area contributed by atoms with Gasteiger partial charge in [-0.2, -0.15) is 0 Å². The Hall–Kier alpha value is -2.75. The molecule has 0 aliphatic rings. The lowest BCUT2D eigenvalue weighted by Gasteiger charge is -2.10. The quantitative estimate of drug-likeness (QED) is 0.829. The van der Waals surface area contributed by atoms with E-state index in [9.17, 15) is 4.79 Å². The molecule has 2 aromatic rings. The molecule has 4 heteroatoms. The third-order valence-electron chi connectivity index (χ3n) is 2.88. The van der Waals surface area contributed by atoms with Crippen LogP contribution in [0, 0.1) is 0 Å². The average molecular weight is 283 g/mol. The zero-order valence-electron chi connectivity index (χ0n) is 11.8. The molecule has 0 atom stereocenters. The number of benzene rings is 2. The van der Waals surface area contributed by atoms with Gasteiger partial charge in [0.25, 0.3) is 0 Å². The van der Waals surface area contributed by atoms with Crippen LogP contribution in [-0.2, 0) is 11.4 Å². The second kappa shape index (κ2) is 7.14. The van der Waals surface area contributed by atoms with Gasteiger partial charge in [0.15, 0.2) is 0 Å². The number of carbonyl (C=O) groups is 1. The lowest BCUT2D eigenvalue weighted by atomic mass is 10.1. The van der Waals surface area contributed by atoms with E-state index in [0.29, 0.717) is 18.1 Å². The van der Waals surface area contributed by atoms with Crippen molar-refractivity contribution >= 4 is 12.0 Å². The Bertz CT molecular complexity index is 636. The summed E-state index contributed by atoms with van der Waals surface area (Å²) in [4.78, 5) is 10.8. The number of rotatable bonds is 6. The number of hydrogen-bond acceptors (Lipinski definition) is 3. The Balaban J connectivity index is 2.10. The van der Waals surface area contributed by atoms with Crippen LogP contribution < -0.4 is 15.2 Å². The van der Waals surface area contributed by atoms with Gasteiger partial charge in [-0.25, -0.2) is 0 Å². The van der Waals surface area contributed by atoms with Crippen LogP contribution in [0.2, 0.25) is 0 Å². The molecule has 0 aliphatic heterocycles. The predicted octanol–water partition coefficient (Wildman–Crippen LogP) is 2.77. The summed E-state index contributed by atoms with van der Waals surface area (Å²) >= 11 is 0. The van der Waals surface area contributed by atoms with Crippen molar-refractivity contribution in [2.24, 2.45) is 5.73 Å². The van der Waals surface area contributed by atoms with Crippen LogP contribution in [0.5, 0.6) is 11.5 Å². The van der Waals surface area contributed by atoms with Gasteiger partial charge in [-0.15, -0.1) is 0 Å². The molecule has 0 bridgehead atoms. The first-order valence-corrected chi connectivity index (χ1v) is 6.51. The molecule has 2 N–H and O–H groups in total. The zero-order chi connectivity index (χ0) is 15.1. The normalized spacial score (nSPS) is 10.5. The Morgan fingerprint density at radius 3 is 2.62 bits per heavy atom. The van der Waals surface area contributed by atoms with E-state index in [1.807, 2.05) is 42.5 Å². The first kappa shape index (κ1) is 14.7. The topological polar surface area (TPSA) is 61.6 Å². The van der Waals surface area contributed by atoms with Gasteiger partial charge in [0, 0.05) is 17.7 Å². The van der Waals surface area contributed by atoms with Gasteiger partial charge in [0.1, 0.15) is 18.1 Å². The Morgan fingerprint density at radius 1 is 1.19 bits per heavy atom. The van der Waals surface area contributed by atoms with Crippen LogP contribution in [0.25, 0.3) is 6.08 Å². The van der Waals surface area contributed by atoms with Crippen molar-refractivity contribution in [1.82, 2.24) is 0 Å². The van der Waals surface area contributed by atoms with E-state index in [2.05, 4.69) is 0 Å². The van der Waals surface area contributed by atoms with Crippen molar-refractivity contribution in [1.29, 1.82) is 0 Å². The average Bonchev–Trinajstić information content (AvgIpc) is 2.52. The lowest BCUT2D eigenvalue weighted by Crippen LogP contribution is -2.05. The van der Waals surface area contributed by atoms with Gasteiger partial charge in [-0.1, -0.05) is 30.3 Å². The lowest BCUT2D eigenvalue weighted by molar-refractivity contribution is -0.113. The zero-order valence-corrected chi connectivity index (χ0v) is 11.8. The van der Waals surface area contributed by atoms with Gasteiger partial charge in [-0.3, -0.25) is 4.79 Å². The molecule has 0 saturated heterocycles. The molecule has 108 valence electrons. The van der Waals surface area contributed by atoms with Gasteiger partial charge < -0.3 is 15.2 Å². The van der Waals surface area contributed by atoms with E-state index < -0.39 is 5.91 Å². The smallest absolute Gasteiger partial charge is 0.241 e. The molecule has 0 heterocycles. The number of primary amides is 1. The molecule has 0 fully saturated rings. The molecule has 0 radical (unpaired) electrons. The molecule has 21 heavy (non-hydrogen) atoms. The highest BCUT2D eigenvalue weighted by atomic mass is 16.5. The Labute approximate surface area is 123 Å². The molecule has 2 aromatic carbocycles. The number of carbonyl (C=O) groups excluding carboxylic acids is 1. The molecular formula is C17H17NO3. The van der Waals surface area contributed by atoms with Crippen LogP contribution in [0.4, 0.5) is 0 Å². The largest absolute Gasteiger partial charge is 0.496 e. The highest BCUT2D eigenvalue weighted by Gasteiger charge is 2.03. The predicted molar refractivity (Wildman–Crippen MR) is 82.0 cm³/mol. The van der Waals surface area contributed by atoms with Crippen LogP contribution in [0.3, 0.4) is 0 Å². The Kier molecular flexibility index (Phi) is 4.99. The summed E-state index contributed by atoms with van der Waals surface area (Å²) < 4.78 is 11.0. The monoisotopic (exact) mass is 283 g/mol. The molecule has 0 aliphatic carbocycles. The summed E-state index contributed by atoms with van der Waals surface area (Å²) in [5, 5.41) is 0. The van der Waals surface area contributed by atoms with Crippen LogP contribution in [0.1, 0.15) is 11.1 Å². The van der Waals surface area contributed by atoms with Crippen molar-refractivity contribution in [3.63, 3.8) is 0 Å². The van der Waals surface area contributed by atoms with E-state index in [4.69, 9.17) is 15.2 Å². The molecular weight excluding hydrogens is 266 g/mol. The van der Waals surface area contributed by atoms with Crippen molar-refractivity contribution in [3.05, 3.63) is 65.7 Å². The summed E-state index contributed by atoms with van der Waals surface area (Å²) in [6, 6.07) is 15.3. The number of nitrogens with two attached hydrogens (primary N) is 1. The third kappa shape index (κ3) is 4.38.